The molecule has 1 heterocycles. The van der Waals surface area contributed by atoms with Gasteiger partial charge in [-0.25, -0.2) is 0 Å². The van der Waals surface area contributed by atoms with Gasteiger partial charge in [0.2, 0.25) is 11.8 Å². The number of nitrogens with zero attached hydrogens (tertiary/aromatic N) is 3. The topological polar surface area (TPSA) is 43.9 Å². The van der Waals surface area contributed by atoms with Crippen LogP contribution in [0.1, 0.15) is 0 Å². The molecule has 0 aromatic carbocycles. The van der Waals surface area contributed by atoms with Gasteiger partial charge in [0.05, 0.1) is 13.1 Å². The first-order valence-electron chi connectivity index (χ1n) is 5.04. The molecule has 85 valence electrons. The molecule has 0 bridgehead atoms. The van der Waals surface area contributed by atoms with E-state index in [4.69, 9.17) is 0 Å². The van der Waals surface area contributed by atoms with E-state index in [1.807, 2.05) is 19.0 Å². The fraction of sp³-hybridized carbons (Fsp3) is 0.700. The number of amides is 2. The fourth-order valence-corrected chi connectivity index (χ4v) is 1.46. The highest BCUT2D eigenvalue weighted by Gasteiger charge is 2.29. The molecule has 0 aromatic heterocycles. The second-order valence-electron chi connectivity index (χ2n) is 3.95. The summed E-state index contributed by atoms with van der Waals surface area (Å²) >= 11 is 0. The van der Waals surface area contributed by atoms with E-state index in [0.29, 0.717) is 32.7 Å². The molecule has 5 nitrogen and oxygen atoms in total. The minimum Gasteiger partial charge on any atom is -0.308 e. The normalized spacial score (nSPS) is 19.1. The van der Waals surface area contributed by atoms with Gasteiger partial charge in [0.15, 0.2) is 0 Å². The van der Waals surface area contributed by atoms with E-state index in [2.05, 4.69) is 6.92 Å². The molecule has 1 fully saturated rings. The molecule has 5 heteroatoms. The van der Waals surface area contributed by atoms with Crippen LogP contribution in [0.5, 0.6) is 0 Å². The third-order valence-corrected chi connectivity index (χ3v) is 2.41. The van der Waals surface area contributed by atoms with Crippen LogP contribution in [0.15, 0.2) is 0 Å². The first-order valence-corrected chi connectivity index (χ1v) is 5.04. The van der Waals surface area contributed by atoms with Crippen molar-refractivity contribution in [2.24, 2.45) is 0 Å². The van der Waals surface area contributed by atoms with Gasteiger partial charge in [-0.05, 0) is 27.6 Å². The molecule has 1 aliphatic heterocycles. The van der Waals surface area contributed by atoms with Crippen molar-refractivity contribution in [1.82, 2.24) is 14.7 Å². The zero-order chi connectivity index (χ0) is 11.4. The minimum atomic E-state index is -0.114. The molecule has 15 heavy (non-hydrogen) atoms. The second-order valence-corrected chi connectivity index (χ2v) is 3.95. The Balaban J connectivity index is 2.51. The maximum Gasteiger partial charge on any atom is 0.243 e. The number of likely N-dealkylation sites (N-methyl/N-ethyl adjacent to an activating group) is 1. The van der Waals surface area contributed by atoms with E-state index in [1.165, 1.54) is 4.90 Å². The molecular weight excluding hydrogens is 194 g/mol. The van der Waals surface area contributed by atoms with E-state index >= 15 is 0 Å². The van der Waals surface area contributed by atoms with Crippen molar-refractivity contribution >= 4 is 11.8 Å². The van der Waals surface area contributed by atoms with Crippen LogP contribution in [-0.2, 0) is 9.59 Å². The summed E-state index contributed by atoms with van der Waals surface area (Å²) in [6, 6.07) is 0. The summed E-state index contributed by atoms with van der Waals surface area (Å²) in [5.41, 5.74) is 0. The SMILES string of the molecule is [CH2]CN1CC(=O)N(CCN(C)C)C(=O)C1. The lowest BCUT2D eigenvalue weighted by Crippen LogP contribution is -2.55. The van der Waals surface area contributed by atoms with E-state index in [1.54, 1.807) is 4.90 Å². The molecule has 0 spiro atoms. The largest absolute Gasteiger partial charge is 0.308 e. The summed E-state index contributed by atoms with van der Waals surface area (Å²) in [5, 5.41) is 0. The Kier molecular flexibility index (Phi) is 4.23. The third kappa shape index (κ3) is 3.28. The van der Waals surface area contributed by atoms with E-state index in [-0.39, 0.29) is 11.8 Å². The second kappa shape index (κ2) is 5.23. The number of imide groups is 1. The lowest BCUT2D eigenvalue weighted by Gasteiger charge is -2.32. The highest BCUT2D eigenvalue weighted by molar-refractivity contribution is 5.99. The van der Waals surface area contributed by atoms with Crippen molar-refractivity contribution in [3.05, 3.63) is 6.92 Å². The molecular formula is C10H18N3O2. The maximum atomic E-state index is 11.6. The standard InChI is InChI=1S/C10H18N3O2/c1-4-12-7-9(14)13(10(15)8-12)6-5-11(2)3/h1,4-8H2,2-3H3. The molecule has 0 atom stereocenters. The maximum absolute atomic E-state index is 11.6. The zero-order valence-electron chi connectivity index (χ0n) is 9.40. The third-order valence-electron chi connectivity index (χ3n) is 2.41. The van der Waals surface area contributed by atoms with Crippen LogP contribution in [0, 0.1) is 6.92 Å². The van der Waals surface area contributed by atoms with Crippen LogP contribution in [0.2, 0.25) is 0 Å². The van der Waals surface area contributed by atoms with Crippen molar-refractivity contribution in [2.75, 3.05) is 46.8 Å². The highest BCUT2D eigenvalue weighted by Crippen LogP contribution is 2.04. The van der Waals surface area contributed by atoms with Gasteiger partial charge in [-0.2, -0.15) is 0 Å². The van der Waals surface area contributed by atoms with E-state index in [9.17, 15) is 9.59 Å². The van der Waals surface area contributed by atoms with Crippen molar-refractivity contribution in [1.29, 1.82) is 0 Å². The Morgan fingerprint density at radius 2 is 1.80 bits per heavy atom. The predicted octanol–water partition coefficient (Wildman–Crippen LogP) is -0.947. The van der Waals surface area contributed by atoms with Gasteiger partial charge in [-0.15, -0.1) is 0 Å². The van der Waals surface area contributed by atoms with Crippen LogP contribution in [0.3, 0.4) is 0 Å². The summed E-state index contributed by atoms with van der Waals surface area (Å²) in [6.45, 7) is 5.98. The quantitative estimate of drug-likeness (QED) is 0.564. The van der Waals surface area contributed by atoms with Crippen molar-refractivity contribution in [2.45, 2.75) is 0 Å². The Labute approximate surface area is 90.6 Å². The van der Waals surface area contributed by atoms with Gasteiger partial charge >= 0.3 is 0 Å². The Hall–Kier alpha value is -0.940. The number of carbonyl (C=O) groups excluding carboxylic acids is 2. The Morgan fingerprint density at radius 1 is 1.27 bits per heavy atom. The van der Waals surface area contributed by atoms with Gasteiger partial charge in [-0.1, -0.05) is 0 Å². The number of hydrogen-bond donors (Lipinski definition) is 0. The van der Waals surface area contributed by atoms with E-state index in [0.717, 1.165) is 0 Å². The van der Waals surface area contributed by atoms with Crippen LogP contribution < -0.4 is 0 Å². The van der Waals surface area contributed by atoms with Crippen molar-refractivity contribution in [3.8, 4) is 0 Å². The van der Waals surface area contributed by atoms with Crippen molar-refractivity contribution in [3.63, 3.8) is 0 Å². The molecule has 0 N–H and O–H groups in total. The van der Waals surface area contributed by atoms with Gasteiger partial charge in [0, 0.05) is 13.1 Å². The van der Waals surface area contributed by atoms with Crippen LogP contribution >= 0.6 is 0 Å². The summed E-state index contributed by atoms with van der Waals surface area (Å²) in [7, 11) is 3.84. The Morgan fingerprint density at radius 3 is 2.20 bits per heavy atom. The van der Waals surface area contributed by atoms with Gasteiger partial charge < -0.3 is 4.90 Å². The fourth-order valence-electron chi connectivity index (χ4n) is 1.46. The predicted molar refractivity (Wildman–Crippen MR) is 57.1 cm³/mol. The van der Waals surface area contributed by atoms with Gasteiger partial charge in [0.25, 0.3) is 0 Å². The molecule has 1 rings (SSSR count). The number of carbonyl (C=O) groups is 2. The lowest BCUT2D eigenvalue weighted by molar-refractivity contribution is -0.151. The summed E-state index contributed by atoms with van der Waals surface area (Å²) < 4.78 is 0. The average Bonchev–Trinajstić information content (AvgIpc) is 2.15. The summed E-state index contributed by atoms with van der Waals surface area (Å²) in [6.07, 6.45) is 0. The van der Waals surface area contributed by atoms with Gasteiger partial charge in [0.1, 0.15) is 0 Å². The smallest absolute Gasteiger partial charge is 0.243 e. The first-order chi connectivity index (χ1) is 7.04. The molecule has 1 saturated heterocycles. The molecule has 1 aliphatic rings. The molecule has 2 amide bonds. The number of piperazine rings is 1. The van der Waals surface area contributed by atoms with Crippen LogP contribution in [0.25, 0.3) is 0 Å². The van der Waals surface area contributed by atoms with Crippen LogP contribution in [0.4, 0.5) is 0 Å². The Bertz CT molecular complexity index is 235. The monoisotopic (exact) mass is 212 g/mol. The highest BCUT2D eigenvalue weighted by atomic mass is 16.2. The average molecular weight is 212 g/mol. The number of hydrogen-bond acceptors (Lipinski definition) is 4. The summed E-state index contributed by atoms with van der Waals surface area (Å²) in [4.78, 5) is 28.2. The number of rotatable bonds is 4. The molecule has 0 saturated carbocycles. The molecule has 0 unspecified atom stereocenters. The molecule has 1 radical (unpaired) electrons. The van der Waals surface area contributed by atoms with Crippen molar-refractivity contribution < 1.29 is 9.59 Å². The zero-order valence-corrected chi connectivity index (χ0v) is 9.40. The van der Waals surface area contributed by atoms with Crippen LogP contribution in [-0.4, -0.2) is 73.3 Å². The minimum absolute atomic E-state index is 0.114. The lowest BCUT2D eigenvalue weighted by atomic mass is 10.3. The van der Waals surface area contributed by atoms with Gasteiger partial charge in [-0.3, -0.25) is 19.4 Å². The van der Waals surface area contributed by atoms with E-state index < -0.39 is 0 Å². The first kappa shape index (κ1) is 12.1. The molecule has 0 aliphatic carbocycles. The molecule has 0 aromatic rings. The summed E-state index contributed by atoms with van der Waals surface area (Å²) in [5.74, 6) is -0.228.